The largest absolute Gasteiger partial charge is 0.496 e. The lowest BCUT2D eigenvalue weighted by Crippen LogP contribution is -2.26. The second-order valence-electron chi connectivity index (χ2n) is 4.73. The van der Waals surface area contributed by atoms with Gasteiger partial charge in [0.05, 0.1) is 26.9 Å². The Morgan fingerprint density at radius 3 is 2.10 bits per heavy atom. The van der Waals surface area contributed by atoms with E-state index < -0.39 is 0 Å². The minimum absolute atomic E-state index is 0.0937. The summed E-state index contributed by atoms with van der Waals surface area (Å²) >= 11 is 0. The number of methoxy groups -OCH3 is 3. The first-order valence-corrected chi connectivity index (χ1v) is 6.73. The Morgan fingerprint density at radius 1 is 1.10 bits per heavy atom. The van der Waals surface area contributed by atoms with Gasteiger partial charge in [-0.2, -0.15) is 0 Å². The summed E-state index contributed by atoms with van der Waals surface area (Å²) in [6.45, 7) is 1.15. The van der Waals surface area contributed by atoms with Gasteiger partial charge >= 0.3 is 0 Å². The standard InChI is InChI=1S/C15H24N2O4/c1-17(2)15(18)6-7-16-10-12-13(20-4)8-11(19-3)9-14(12)21-5/h8-9,16H,6-7,10H2,1-5H3. The molecule has 0 aromatic heterocycles. The highest BCUT2D eigenvalue weighted by atomic mass is 16.5. The number of amides is 1. The van der Waals surface area contributed by atoms with Crippen LogP contribution in [0.15, 0.2) is 12.1 Å². The molecule has 0 aliphatic rings. The number of carbonyl (C=O) groups is 1. The summed E-state index contributed by atoms with van der Waals surface area (Å²) in [7, 11) is 8.30. The lowest BCUT2D eigenvalue weighted by molar-refractivity contribution is -0.128. The fourth-order valence-electron chi connectivity index (χ4n) is 1.88. The molecule has 0 aliphatic carbocycles. The Bertz CT molecular complexity index is 450. The van der Waals surface area contributed by atoms with Crippen molar-refractivity contribution in [3.63, 3.8) is 0 Å². The highest BCUT2D eigenvalue weighted by Gasteiger charge is 2.13. The van der Waals surface area contributed by atoms with E-state index in [-0.39, 0.29) is 5.91 Å². The fraction of sp³-hybridized carbons (Fsp3) is 0.533. The summed E-state index contributed by atoms with van der Waals surface area (Å²) < 4.78 is 16.0. The Hall–Kier alpha value is -1.95. The van der Waals surface area contributed by atoms with Crippen LogP contribution in [0.1, 0.15) is 12.0 Å². The molecule has 1 aromatic rings. The van der Waals surface area contributed by atoms with E-state index in [1.54, 1.807) is 40.3 Å². The van der Waals surface area contributed by atoms with E-state index in [4.69, 9.17) is 14.2 Å². The summed E-state index contributed by atoms with van der Waals surface area (Å²) in [6, 6.07) is 3.62. The van der Waals surface area contributed by atoms with Gasteiger partial charge in [0.15, 0.2) is 0 Å². The molecule has 0 radical (unpaired) electrons. The van der Waals surface area contributed by atoms with Crippen molar-refractivity contribution in [2.75, 3.05) is 42.0 Å². The quantitative estimate of drug-likeness (QED) is 0.732. The summed E-state index contributed by atoms with van der Waals surface area (Å²) in [5.41, 5.74) is 0.901. The lowest BCUT2D eigenvalue weighted by atomic mass is 10.1. The molecule has 0 atom stereocenters. The maximum absolute atomic E-state index is 11.5. The van der Waals surface area contributed by atoms with Gasteiger partial charge in [-0.3, -0.25) is 4.79 Å². The molecular weight excluding hydrogens is 272 g/mol. The van der Waals surface area contributed by atoms with Crippen LogP contribution < -0.4 is 19.5 Å². The maximum Gasteiger partial charge on any atom is 0.223 e. The van der Waals surface area contributed by atoms with Gasteiger partial charge in [0.1, 0.15) is 17.2 Å². The van der Waals surface area contributed by atoms with Crippen LogP contribution >= 0.6 is 0 Å². The van der Waals surface area contributed by atoms with E-state index in [1.807, 2.05) is 12.1 Å². The van der Waals surface area contributed by atoms with Gasteiger partial charge in [-0.25, -0.2) is 0 Å². The van der Waals surface area contributed by atoms with Crippen LogP contribution in [0.2, 0.25) is 0 Å². The zero-order valence-electron chi connectivity index (χ0n) is 13.4. The third-order valence-corrected chi connectivity index (χ3v) is 3.13. The van der Waals surface area contributed by atoms with Crippen LogP contribution in [0.25, 0.3) is 0 Å². The maximum atomic E-state index is 11.5. The van der Waals surface area contributed by atoms with E-state index in [1.165, 1.54) is 0 Å². The van der Waals surface area contributed by atoms with Crippen LogP contribution in [0.4, 0.5) is 0 Å². The van der Waals surface area contributed by atoms with Crippen LogP contribution in [0, 0.1) is 0 Å². The van der Waals surface area contributed by atoms with Crippen LogP contribution in [0.5, 0.6) is 17.2 Å². The van der Waals surface area contributed by atoms with Crippen molar-refractivity contribution in [1.82, 2.24) is 10.2 Å². The minimum Gasteiger partial charge on any atom is -0.496 e. The molecule has 0 saturated carbocycles. The molecule has 0 bridgehead atoms. The molecule has 0 unspecified atom stereocenters. The van der Waals surface area contributed by atoms with Gasteiger partial charge in [-0.15, -0.1) is 0 Å². The third kappa shape index (κ3) is 4.82. The second kappa shape index (κ2) is 8.36. The minimum atomic E-state index is 0.0937. The predicted molar refractivity (Wildman–Crippen MR) is 81.1 cm³/mol. The van der Waals surface area contributed by atoms with Crippen LogP contribution in [0.3, 0.4) is 0 Å². The summed E-state index contributed by atoms with van der Waals surface area (Å²) in [5.74, 6) is 2.15. The first kappa shape index (κ1) is 17.1. The molecule has 1 aromatic carbocycles. The highest BCUT2D eigenvalue weighted by molar-refractivity contribution is 5.75. The first-order chi connectivity index (χ1) is 10.0. The van der Waals surface area contributed by atoms with E-state index in [0.717, 1.165) is 5.56 Å². The monoisotopic (exact) mass is 296 g/mol. The zero-order chi connectivity index (χ0) is 15.8. The molecule has 1 amide bonds. The van der Waals surface area contributed by atoms with Crippen LogP contribution in [-0.2, 0) is 11.3 Å². The van der Waals surface area contributed by atoms with E-state index in [2.05, 4.69) is 5.32 Å². The molecule has 6 nitrogen and oxygen atoms in total. The number of nitrogens with one attached hydrogen (secondary N) is 1. The average molecular weight is 296 g/mol. The second-order valence-corrected chi connectivity index (χ2v) is 4.73. The van der Waals surface area contributed by atoms with Crippen molar-refractivity contribution in [1.29, 1.82) is 0 Å². The summed E-state index contributed by atoms with van der Waals surface area (Å²) in [6.07, 6.45) is 0.452. The molecular formula is C15H24N2O4. The van der Waals surface area contributed by atoms with Gasteiger partial charge in [0.2, 0.25) is 5.91 Å². The highest BCUT2D eigenvalue weighted by Crippen LogP contribution is 2.33. The zero-order valence-corrected chi connectivity index (χ0v) is 13.4. The Balaban J connectivity index is 2.71. The molecule has 0 fully saturated rings. The van der Waals surface area contributed by atoms with Crippen molar-refractivity contribution in [2.45, 2.75) is 13.0 Å². The molecule has 21 heavy (non-hydrogen) atoms. The van der Waals surface area contributed by atoms with Gasteiger partial charge in [-0.05, 0) is 0 Å². The van der Waals surface area contributed by atoms with Crippen molar-refractivity contribution in [3.8, 4) is 17.2 Å². The predicted octanol–water partition coefficient (Wildman–Crippen LogP) is 1.28. The molecule has 1 rings (SSSR count). The molecule has 6 heteroatoms. The molecule has 0 spiro atoms. The third-order valence-electron chi connectivity index (χ3n) is 3.13. The van der Waals surface area contributed by atoms with E-state index >= 15 is 0 Å². The average Bonchev–Trinajstić information content (AvgIpc) is 2.50. The number of carbonyl (C=O) groups excluding carboxylic acids is 1. The summed E-state index contributed by atoms with van der Waals surface area (Å²) in [5, 5.41) is 3.23. The van der Waals surface area contributed by atoms with Crippen molar-refractivity contribution < 1.29 is 19.0 Å². The lowest BCUT2D eigenvalue weighted by Gasteiger charge is -2.16. The van der Waals surface area contributed by atoms with E-state index in [0.29, 0.717) is 36.8 Å². The number of benzene rings is 1. The van der Waals surface area contributed by atoms with Crippen molar-refractivity contribution >= 4 is 5.91 Å². The van der Waals surface area contributed by atoms with Crippen molar-refractivity contribution in [3.05, 3.63) is 17.7 Å². The Labute approximate surface area is 126 Å². The number of hydrogen-bond donors (Lipinski definition) is 1. The van der Waals surface area contributed by atoms with Crippen molar-refractivity contribution in [2.24, 2.45) is 0 Å². The Kier molecular flexibility index (Phi) is 6.81. The molecule has 0 aliphatic heterocycles. The summed E-state index contributed by atoms with van der Waals surface area (Å²) in [4.78, 5) is 13.1. The van der Waals surface area contributed by atoms with Gasteiger partial charge in [0.25, 0.3) is 0 Å². The smallest absolute Gasteiger partial charge is 0.223 e. The normalized spacial score (nSPS) is 10.1. The Morgan fingerprint density at radius 2 is 1.67 bits per heavy atom. The number of hydrogen-bond acceptors (Lipinski definition) is 5. The molecule has 0 saturated heterocycles. The van der Waals surface area contributed by atoms with Gasteiger partial charge in [-0.1, -0.05) is 0 Å². The van der Waals surface area contributed by atoms with Gasteiger partial charge in [0, 0.05) is 45.7 Å². The van der Waals surface area contributed by atoms with E-state index in [9.17, 15) is 4.79 Å². The van der Waals surface area contributed by atoms with Crippen LogP contribution in [-0.4, -0.2) is 52.8 Å². The number of ether oxygens (including phenoxy) is 3. The number of nitrogens with zero attached hydrogens (tertiary/aromatic N) is 1. The topological polar surface area (TPSA) is 60.0 Å². The fourth-order valence-corrected chi connectivity index (χ4v) is 1.88. The molecule has 118 valence electrons. The molecule has 1 N–H and O–H groups in total. The SMILES string of the molecule is COc1cc(OC)c(CNCCC(=O)N(C)C)c(OC)c1. The van der Waals surface area contributed by atoms with Gasteiger partial charge < -0.3 is 24.4 Å². The molecule has 0 heterocycles. The number of rotatable bonds is 8. The first-order valence-electron chi connectivity index (χ1n) is 6.73.